The van der Waals surface area contributed by atoms with E-state index in [-0.39, 0.29) is 11.5 Å². The van der Waals surface area contributed by atoms with E-state index < -0.39 is 11.5 Å². The first-order valence-corrected chi connectivity index (χ1v) is 9.11. The molecule has 4 aromatic rings. The number of benzene rings is 3. The van der Waals surface area contributed by atoms with E-state index in [0.717, 1.165) is 22.0 Å². The van der Waals surface area contributed by atoms with Gasteiger partial charge in [-0.1, -0.05) is 78.9 Å². The van der Waals surface area contributed by atoms with E-state index in [2.05, 4.69) is 0 Å². The number of aromatic nitrogens is 1. The zero-order valence-electron chi connectivity index (χ0n) is 15.2. The number of hydrogen-bond donors (Lipinski definition) is 1. The molecule has 0 radical (unpaired) electrons. The van der Waals surface area contributed by atoms with Crippen LogP contribution in [0.3, 0.4) is 0 Å². The minimum Gasteiger partial charge on any atom is -0.477 e. The second-order valence-corrected chi connectivity index (χ2v) is 6.71. The maximum Gasteiger partial charge on any atom is 0.341 e. The third-order valence-electron chi connectivity index (χ3n) is 5.00. The van der Waals surface area contributed by atoms with Crippen molar-refractivity contribution >= 4 is 16.9 Å². The van der Waals surface area contributed by atoms with Crippen molar-refractivity contribution in [3.05, 3.63) is 118 Å². The average molecular weight is 369 g/mol. The number of nitrogens with zero attached hydrogens (tertiary/aromatic N) is 1. The van der Waals surface area contributed by atoms with Crippen molar-refractivity contribution in [1.29, 1.82) is 0 Å². The molecule has 0 amide bonds. The topological polar surface area (TPSA) is 59.3 Å². The Morgan fingerprint density at radius 3 is 1.93 bits per heavy atom. The van der Waals surface area contributed by atoms with Crippen LogP contribution < -0.4 is 5.56 Å². The Bertz CT molecular complexity index is 1140. The predicted octanol–water partition coefficient (Wildman–Crippen LogP) is 4.53. The molecule has 0 atom stereocenters. The van der Waals surface area contributed by atoms with Gasteiger partial charge in [0.05, 0.1) is 5.52 Å². The van der Waals surface area contributed by atoms with Gasteiger partial charge in [-0.15, -0.1) is 0 Å². The molecule has 0 aliphatic rings. The number of para-hydroxylation sites is 1. The molecule has 1 heterocycles. The fourth-order valence-electron chi connectivity index (χ4n) is 3.62. The molecule has 0 spiro atoms. The van der Waals surface area contributed by atoms with Crippen molar-refractivity contribution in [3.8, 4) is 0 Å². The summed E-state index contributed by atoms with van der Waals surface area (Å²) in [5.41, 5.74) is 2.19. The number of carboxylic acids is 1. The molecule has 4 heteroatoms. The summed E-state index contributed by atoms with van der Waals surface area (Å²) >= 11 is 0. The second kappa shape index (κ2) is 7.53. The fraction of sp³-hybridized carbons (Fsp3) is 0.0833. The van der Waals surface area contributed by atoms with E-state index in [9.17, 15) is 14.7 Å². The lowest BCUT2D eigenvalue weighted by atomic mass is 9.91. The van der Waals surface area contributed by atoms with Gasteiger partial charge < -0.3 is 9.67 Å². The summed E-state index contributed by atoms with van der Waals surface area (Å²) in [7, 11) is 0. The summed E-state index contributed by atoms with van der Waals surface area (Å²) in [4.78, 5) is 24.6. The predicted molar refractivity (Wildman–Crippen MR) is 110 cm³/mol. The van der Waals surface area contributed by atoms with Gasteiger partial charge in [0, 0.05) is 12.5 Å². The summed E-state index contributed by atoms with van der Waals surface area (Å²) in [6, 6.07) is 28.8. The van der Waals surface area contributed by atoms with Crippen molar-refractivity contribution < 1.29 is 9.90 Å². The average Bonchev–Trinajstić information content (AvgIpc) is 2.74. The smallest absolute Gasteiger partial charge is 0.341 e. The van der Waals surface area contributed by atoms with Crippen LogP contribution in [0.25, 0.3) is 10.9 Å². The van der Waals surface area contributed by atoms with Crippen LogP contribution in [0.1, 0.15) is 27.4 Å². The zero-order valence-corrected chi connectivity index (χ0v) is 15.2. The van der Waals surface area contributed by atoms with Crippen molar-refractivity contribution in [3.63, 3.8) is 0 Å². The Kier molecular flexibility index (Phi) is 4.77. The van der Waals surface area contributed by atoms with Gasteiger partial charge in [-0.25, -0.2) is 4.79 Å². The molecule has 0 aliphatic carbocycles. The molecule has 138 valence electrons. The first-order valence-electron chi connectivity index (χ1n) is 9.11. The maximum absolute atomic E-state index is 13.0. The third-order valence-corrected chi connectivity index (χ3v) is 5.00. The van der Waals surface area contributed by atoms with Crippen LogP contribution >= 0.6 is 0 Å². The summed E-state index contributed by atoms with van der Waals surface area (Å²) in [5.74, 6) is -1.28. The summed E-state index contributed by atoms with van der Waals surface area (Å²) in [6.45, 7) is 0.356. The van der Waals surface area contributed by atoms with E-state index in [1.165, 1.54) is 6.07 Å². The minimum absolute atomic E-state index is 0.0763. The minimum atomic E-state index is -1.21. The zero-order chi connectivity index (χ0) is 19.5. The first-order chi connectivity index (χ1) is 13.6. The Morgan fingerprint density at radius 1 is 0.821 bits per heavy atom. The lowest BCUT2D eigenvalue weighted by Gasteiger charge is -2.21. The molecule has 0 saturated carbocycles. The van der Waals surface area contributed by atoms with Crippen molar-refractivity contribution in [2.45, 2.75) is 12.5 Å². The highest BCUT2D eigenvalue weighted by molar-refractivity contribution is 5.92. The first kappa shape index (κ1) is 17.7. The molecule has 1 aromatic heterocycles. The highest BCUT2D eigenvalue weighted by atomic mass is 16.4. The molecule has 28 heavy (non-hydrogen) atoms. The number of fused-ring (bicyclic) bond motifs is 1. The van der Waals surface area contributed by atoms with Gasteiger partial charge in [-0.05, 0) is 28.6 Å². The van der Waals surface area contributed by atoms with Gasteiger partial charge in [0.15, 0.2) is 0 Å². The molecule has 0 bridgehead atoms. The van der Waals surface area contributed by atoms with Gasteiger partial charge in [0.25, 0.3) is 5.56 Å². The second-order valence-electron chi connectivity index (χ2n) is 6.71. The van der Waals surface area contributed by atoms with Crippen LogP contribution in [0, 0.1) is 0 Å². The van der Waals surface area contributed by atoms with E-state index in [1.54, 1.807) is 4.57 Å². The van der Waals surface area contributed by atoms with E-state index >= 15 is 0 Å². The standard InChI is InChI=1S/C24H19NO3/c26-23-20(24(27)28)15-19-13-7-8-14-22(19)25(23)16-21(17-9-3-1-4-10-17)18-11-5-2-6-12-18/h1-15,21H,16H2,(H,27,28). The molecule has 4 nitrogen and oxygen atoms in total. The van der Waals surface area contributed by atoms with Gasteiger partial charge >= 0.3 is 5.97 Å². The Balaban J connectivity index is 1.92. The van der Waals surface area contributed by atoms with Crippen LogP contribution in [-0.2, 0) is 6.54 Å². The van der Waals surface area contributed by atoms with E-state index in [4.69, 9.17) is 0 Å². The summed E-state index contributed by atoms with van der Waals surface area (Å²) in [5, 5.41) is 10.2. The Hall–Kier alpha value is -3.66. The largest absolute Gasteiger partial charge is 0.477 e. The number of pyridine rings is 1. The summed E-state index contributed by atoms with van der Waals surface area (Å²) in [6.07, 6.45) is 0. The summed E-state index contributed by atoms with van der Waals surface area (Å²) < 4.78 is 1.59. The van der Waals surface area contributed by atoms with Crippen molar-refractivity contribution in [2.75, 3.05) is 0 Å². The Labute approximate surface area is 162 Å². The van der Waals surface area contributed by atoms with Crippen LogP contribution in [0.2, 0.25) is 0 Å². The van der Waals surface area contributed by atoms with Crippen LogP contribution in [0.15, 0.2) is 95.8 Å². The molecular weight excluding hydrogens is 350 g/mol. The third kappa shape index (κ3) is 3.32. The quantitative estimate of drug-likeness (QED) is 0.562. The maximum atomic E-state index is 13.0. The van der Waals surface area contributed by atoms with Crippen molar-refractivity contribution in [2.24, 2.45) is 0 Å². The highest BCUT2D eigenvalue weighted by Gasteiger charge is 2.20. The highest BCUT2D eigenvalue weighted by Crippen LogP contribution is 2.27. The van der Waals surface area contributed by atoms with Crippen LogP contribution in [-0.4, -0.2) is 15.6 Å². The monoisotopic (exact) mass is 369 g/mol. The van der Waals surface area contributed by atoms with Gasteiger partial charge in [-0.2, -0.15) is 0 Å². The lowest BCUT2D eigenvalue weighted by molar-refractivity contribution is 0.0694. The van der Waals surface area contributed by atoms with Crippen molar-refractivity contribution in [1.82, 2.24) is 4.57 Å². The van der Waals surface area contributed by atoms with Crippen LogP contribution in [0.4, 0.5) is 0 Å². The number of rotatable bonds is 5. The molecule has 3 aromatic carbocycles. The normalized spacial score (nSPS) is 11.0. The molecule has 4 rings (SSSR count). The van der Waals surface area contributed by atoms with Gasteiger partial charge in [0.1, 0.15) is 5.56 Å². The molecular formula is C24H19NO3. The van der Waals surface area contributed by atoms with E-state index in [1.807, 2.05) is 84.9 Å². The van der Waals surface area contributed by atoms with Crippen LogP contribution in [0.5, 0.6) is 0 Å². The lowest BCUT2D eigenvalue weighted by Crippen LogP contribution is -2.29. The van der Waals surface area contributed by atoms with E-state index in [0.29, 0.717) is 6.54 Å². The fourth-order valence-corrected chi connectivity index (χ4v) is 3.62. The molecule has 0 fully saturated rings. The molecule has 1 N–H and O–H groups in total. The molecule has 0 saturated heterocycles. The number of aromatic carboxylic acids is 1. The Morgan fingerprint density at radius 2 is 1.36 bits per heavy atom. The number of hydrogen-bond acceptors (Lipinski definition) is 2. The van der Waals surface area contributed by atoms with Gasteiger partial charge in [-0.3, -0.25) is 4.79 Å². The molecule has 0 unspecified atom stereocenters. The number of carboxylic acid groups (broad SMARTS) is 1. The number of carbonyl (C=O) groups is 1. The SMILES string of the molecule is O=C(O)c1cc2ccccc2n(CC(c2ccccc2)c2ccccc2)c1=O. The van der Waals surface area contributed by atoms with Gasteiger partial charge in [0.2, 0.25) is 0 Å². The molecule has 0 aliphatic heterocycles.